The number of ether oxygens (including phenoxy) is 2. The number of hydrogen-bond acceptors (Lipinski definition) is 5. The summed E-state index contributed by atoms with van der Waals surface area (Å²) < 4.78 is 19.1. The quantitative estimate of drug-likeness (QED) is 0.299. The van der Waals surface area contributed by atoms with Crippen molar-refractivity contribution >= 4 is 27.7 Å². The summed E-state index contributed by atoms with van der Waals surface area (Å²) in [5, 5.41) is 1.81. The zero-order valence-electron chi connectivity index (χ0n) is 20.3. The topological polar surface area (TPSA) is 70.7 Å². The van der Waals surface area contributed by atoms with E-state index in [1.807, 2.05) is 55.8 Å². The van der Waals surface area contributed by atoms with Crippen LogP contribution in [0.4, 0.5) is 0 Å². The largest absolute Gasteiger partial charge is 0.497 e. The lowest BCUT2D eigenvalue weighted by atomic mass is 9.84. The number of carbonyl (C=O) groups is 1. The highest BCUT2D eigenvalue weighted by Gasteiger charge is 2.24. The van der Waals surface area contributed by atoms with Crippen LogP contribution in [-0.4, -0.2) is 24.1 Å². The Hall–Kier alpha value is -3.54. The highest BCUT2D eigenvalue weighted by Crippen LogP contribution is 2.34. The molecule has 0 radical (unpaired) electrons. The van der Waals surface area contributed by atoms with Crippen LogP contribution in [0.3, 0.4) is 0 Å². The molecule has 5 rings (SSSR count). The maximum atomic E-state index is 13.3. The predicted octanol–water partition coefficient (Wildman–Crippen LogP) is 5.30. The fourth-order valence-corrected chi connectivity index (χ4v) is 5.21. The van der Waals surface area contributed by atoms with Crippen molar-refractivity contribution in [2.45, 2.75) is 40.0 Å². The molecule has 0 saturated heterocycles. The van der Waals surface area contributed by atoms with Crippen molar-refractivity contribution in [3.8, 4) is 11.5 Å². The molecule has 6 nitrogen and oxygen atoms in total. The molecule has 34 heavy (non-hydrogen) atoms. The molecule has 176 valence electrons. The van der Waals surface area contributed by atoms with Crippen LogP contribution in [0.25, 0.3) is 21.9 Å². The van der Waals surface area contributed by atoms with E-state index in [9.17, 15) is 9.59 Å². The first kappa shape index (κ1) is 22.3. The van der Waals surface area contributed by atoms with Gasteiger partial charge in [-0.1, -0.05) is 6.92 Å². The van der Waals surface area contributed by atoms with Crippen LogP contribution >= 0.6 is 0 Å². The average Bonchev–Trinajstić information content (AvgIpc) is 3.08. The van der Waals surface area contributed by atoms with E-state index in [1.54, 1.807) is 7.11 Å². The zero-order valence-corrected chi connectivity index (χ0v) is 20.3. The number of hydrogen-bond donors (Lipinski definition) is 0. The second-order valence-electron chi connectivity index (χ2n) is 9.37. The number of carbonyl (C=O) groups excluding carboxylic acids is 1. The summed E-state index contributed by atoms with van der Waals surface area (Å²) in [7, 11) is 3.55. The van der Waals surface area contributed by atoms with Gasteiger partial charge in [0.15, 0.2) is 6.61 Å². The standard InChI is InChI=1S/C28H29NO5/c1-15-6-8-20-21(12-15)19-9-11-25(16(2)27(19)34-28(20)31)33-14-24(30)26-17(3)29(4)23-10-7-18(32-5)13-22(23)26/h7,9-11,13,15H,6,8,12,14H2,1-5H3/t15-/m1/s1. The number of fused-ring (bicyclic) bond motifs is 4. The Morgan fingerprint density at radius 3 is 2.71 bits per heavy atom. The number of aromatic nitrogens is 1. The number of methoxy groups -OCH3 is 1. The van der Waals surface area contributed by atoms with Crippen molar-refractivity contribution in [1.29, 1.82) is 0 Å². The molecule has 6 heteroatoms. The highest BCUT2D eigenvalue weighted by atomic mass is 16.5. The number of benzene rings is 2. The number of ketones is 1. The maximum absolute atomic E-state index is 13.3. The molecular formula is C28H29NO5. The number of nitrogens with zero attached hydrogens (tertiary/aromatic N) is 1. The van der Waals surface area contributed by atoms with Crippen molar-refractivity contribution in [3.05, 3.63) is 68.7 Å². The molecule has 1 atom stereocenters. The van der Waals surface area contributed by atoms with Gasteiger partial charge in [-0.25, -0.2) is 4.79 Å². The molecule has 0 aliphatic heterocycles. The smallest absolute Gasteiger partial charge is 0.339 e. The Morgan fingerprint density at radius 2 is 1.94 bits per heavy atom. The zero-order chi connectivity index (χ0) is 24.1. The molecule has 0 N–H and O–H groups in total. The molecule has 0 unspecified atom stereocenters. The van der Waals surface area contributed by atoms with Crippen molar-refractivity contribution < 1.29 is 18.7 Å². The third-order valence-corrected chi connectivity index (χ3v) is 7.26. The molecule has 0 amide bonds. The van der Waals surface area contributed by atoms with Gasteiger partial charge in [0.2, 0.25) is 5.78 Å². The first-order valence-electron chi connectivity index (χ1n) is 11.7. The molecule has 2 aromatic heterocycles. The second-order valence-corrected chi connectivity index (χ2v) is 9.37. The normalized spacial score (nSPS) is 15.5. The van der Waals surface area contributed by atoms with E-state index in [0.717, 1.165) is 57.9 Å². The summed E-state index contributed by atoms with van der Waals surface area (Å²) in [6.45, 7) is 5.90. The molecular weight excluding hydrogens is 430 g/mol. The van der Waals surface area contributed by atoms with Crippen LogP contribution in [0.2, 0.25) is 0 Å². The molecule has 0 spiro atoms. The Bertz CT molecular complexity index is 1510. The number of aryl methyl sites for hydroxylation is 2. The molecule has 2 heterocycles. The van der Waals surface area contributed by atoms with Crippen molar-refractivity contribution in [1.82, 2.24) is 4.57 Å². The third-order valence-electron chi connectivity index (χ3n) is 7.26. The van der Waals surface area contributed by atoms with E-state index < -0.39 is 0 Å². The predicted molar refractivity (Wildman–Crippen MR) is 132 cm³/mol. The summed E-state index contributed by atoms with van der Waals surface area (Å²) in [5.74, 6) is 1.67. The fraction of sp³-hybridized carbons (Fsp3) is 0.357. The first-order chi connectivity index (χ1) is 16.3. The minimum absolute atomic E-state index is 0.114. The SMILES string of the molecule is COc1ccc2c(c1)c(C(=O)COc1ccc3c4c(c(=O)oc3c1C)CC[C@@H](C)C4)c(C)n2C. The summed E-state index contributed by atoms with van der Waals surface area (Å²) in [4.78, 5) is 25.9. The minimum atomic E-state index is -0.258. The van der Waals surface area contributed by atoms with Gasteiger partial charge in [0.1, 0.15) is 17.1 Å². The van der Waals surface area contributed by atoms with Crippen molar-refractivity contribution in [3.63, 3.8) is 0 Å². The van der Waals surface area contributed by atoms with E-state index in [-0.39, 0.29) is 18.0 Å². The van der Waals surface area contributed by atoms with E-state index in [1.165, 1.54) is 0 Å². The Kier molecular flexibility index (Phi) is 5.47. The molecule has 1 aliphatic rings. The molecule has 0 saturated carbocycles. The molecule has 2 aromatic carbocycles. The van der Waals surface area contributed by atoms with E-state index in [0.29, 0.717) is 28.6 Å². The van der Waals surface area contributed by atoms with Gasteiger partial charge in [-0.3, -0.25) is 4.79 Å². The van der Waals surface area contributed by atoms with Crippen LogP contribution in [0.15, 0.2) is 39.5 Å². The maximum Gasteiger partial charge on any atom is 0.339 e. The van der Waals surface area contributed by atoms with Crippen LogP contribution in [0, 0.1) is 19.8 Å². The first-order valence-corrected chi connectivity index (χ1v) is 11.7. The van der Waals surface area contributed by atoms with Gasteiger partial charge in [0, 0.05) is 45.7 Å². The molecule has 1 aliphatic carbocycles. The van der Waals surface area contributed by atoms with Crippen LogP contribution in [-0.2, 0) is 19.9 Å². The lowest BCUT2D eigenvalue weighted by molar-refractivity contribution is 0.0922. The monoisotopic (exact) mass is 459 g/mol. The Morgan fingerprint density at radius 1 is 1.15 bits per heavy atom. The van der Waals surface area contributed by atoms with Gasteiger partial charge in [-0.05, 0) is 74.9 Å². The summed E-state index contributed by atoms with van der Waals surface area (Å²) >= 11 is 0. The lowest BCUT2D eigenvalue weighted by Gasteiger charge is -2.22. The van der Waals surface area contributed by atoms with Gasteiger partial charge in [0.25, 0.3) is 0 Å². The van der Waals surface area contributed by atoms with Crippen LogP contribution in [0.1, 0.15) is 46.1 Å². The summed E-state index contributed by atoms with van der Waals surface area (Å²) in [6, 6.07) is 9.56. The molecule has 4 aromatic rings. The third kappa shape index (κ3) is 3.49. The summed E-state index contributed by atoms with van der Waals surface area (Å²) in [5.41, 5.74) is 5.39. The number of Topliss-reactive ketones (excluding diaryl/α,β-unsaturated/α-hetero) is 1. The molecule has 0 bridgehead atoms. The summed E-state index contributed by atoms with van der Waals surface area (Å²) in [6.07, 6.45) is 2.64. The second kappa shape index (κ2) is 8.35. The van der Waals surface area contributed by atoms with E-state index in [4.69, 9.17) is 13.9 Å². The van der Waals surface area contributed by atoms with Gasteiger partial charge in [-0.15, -0.1) is 0 Å². The van der Waals surface area contributed by atoms with Gasteiger partial charge >= 0.3 is 5.63 Å². The van der Waals surface area contributed by atoms with Crippen molar-refractivity contribution in [2.75, 3.05) is 13.7 Å². The van der Waals surface area contributed by atoms with Gasteiger partial charge < -0.3 is 18.5 Å². The van der Waals surface area contributed by atoms with Crippen molar-refractivity contribution in [2.24, 2.45) is 13.0 Å². The van der Waals surface area contributed by atoms with Crippen LogP contribution < -0.4 is 15.1 Å². The fourth-order valence-electron chi connectivity index (χ4n) is 5.21. The van der Waals surface area contributed by atoms with E-state index >= 15 is 0 Å². The van der Waals surface area contributed by atoms with Gasteiger partial charge in [-0.2, -0.15) is 0 Å². The highest BCUT2D eigenvalue weighted by molar-refractivity contribution is 6.10. The average molecular weight is 460 g/mol. The van der Waals surface area contributed by atoms with E-state index in [2.05, 4.69) is 6.92 Å². The van der Waals surface area contributed by atoms with Crippen LogP contribution in [0.5, 0.6) is 11.5 Å². The minimum Gasteiger partial charge on any atom is -0.497 e. The Labute approximate surface area is 198 Å². The van der Waals surface area contributed by atoms with Gasteiger partial charge in [0.05, 0.1) is 7.11 Å². The lowest BCUT2D eigenvalue weighted by Crippen LogP contribution is -2.20. The number of rotatable bonds is 5. The molecule has 0 fully saturated rings. The Balaban J connectivity index is 1.48.